The van der Waals surface area contributed by atoms with E-state index in [-0.39, 0.29) is 27.2 Å². The first-order valence-corrected chi connectivity index (χ1v) is 10.3. The van der Waals surface area contributed by atoms with E-state index in [9.17, 15) is 9.59 Å². The number of hydrogen-bond donors (Lipinski definition) is 0. The van der Waals surface area contributed by atoms with Gasteiger partial charge in [-0.15, -0.1) is 11.3 Å². The monoisotopic (exact) mass is 438 g/mol. The molecule has 2 heterocycles. The average Bonchev–Trinajstić information content (AvgIpc) is 3.32. The number of nitrogens with zero attached hydrogens (tertiary/aromatic N) is 2. The van der Waals surface area contributed by atoms with Gasteiger partial charge in [0.15, 0.2) is 11.6 Å². The van der Waals surface area contributed by atoms with Gasteiger partial charge in [-0.1, -0.05) is 53.5 Å². The Bertz CT molecular complexity index is 1320. The van der Waals surface area contributed by atoms with Crippen molar-refractivity contribution in [2.75, 3.05) is 0 Å². The number of benzene rings is 2. The van der Waals surface area contributed by atoms with Crippen LogP contribution in [-0.4, -0.2) is 21.1 Å². The van der Waals surface area contributed by atoms with Gasteiger partial charge in [0.05, 0.1) is 21.1 Å². The number of Topliss-reactive ketones (excluding diaryl/α,β-unsaturated/α-hetero) is 2. The summed E-state index contributed by atoms with van der Waals surface area (Å²) in [6.45, 7) is 0. The summed E-state index contributed by atoms with van der Waals surface area (Å²) in [6.07, 6.45) is 1.63. The van der Waals surface area contributed by atoms with Crippen LogP contribution in [-0.2, 0) is 7.05 Å². The number of rotatable bonds is 2. The highest BCUT2D eigenvalue weighted by Crippen LogP contribution is 2.36. The fourth-order valence-corrected chi connectivity index (χ4v) is 4.83. The van der Waals surface area contributed by atoms with E-state index in [1.807, 2.05) is 48.0 Å². The topological polar surface area (TPSA) is 52.0 Å². The van der Waals surface area contributed by atoms with Crippen LogP contribution in [0.25, 0.3) is 27.8 Å². The first kappa shape index (κ1) is 18.3. The maximum absolute atomic E-state index is 12.7. The zero-order valence-electron chi connectivity index (χ0n) is 15.1. The molecule has 7 heteroatoms. The minimum absolute atomic E-state index is 0.119. The van der Waals surface area contributed by atoms with Crippen LogP contribution in [0.4, 0.5) is 0 Å². The van der Waals surface area contributed by atoms with Crippen LogP contribution < -0.4 is 0 Å². The summed E-state index contributed by atoms with van der Waals surface area (Å²) in [4.78, 5) is 31.8. The zero-order valence-corrected chi connectivity index (χ0v) is 17.4. The number of ketones is 2. The van der Waals surface area contributed by atoms with E-state index >= 15 is 0 Å². The predicted molar refractivity (Wildman–Crippen MR) is 117 cm³/mol. The maximum atomic E-state index is 12.7. The molecule has 0 fully saturated rings. The summed E-state index contributed by atoms with van der Waals surface area (Å²) in [6, 6.07) is 14.8. The second kappa shape index (κ2) is 6.66. The highest BCUT2D eigenvalue weighted by atomic mass is 35.5. The van der Waals surface area contributed by atoms with Crippen molar-refractivity contribution in [3.05, 3.63) is 80.2 Å². The highest BCUT2D eigenvalue weighted by molar-refractivity contribution is 7.19. The van der Waals surface area contributed by atoms with Crippen molar-refractivity contribution in [3.63, 3.8) is 0 Å². The quantitative estimate of drug-likeness (QED) is 0.281. The lowest BCUT2D eigenvalue weighted by Crippen LogP contribution is -1.99. The number of fused-ring (bicyclic) bond motifs is 2. The molecule has 4 aromatic rings. The normalized spacial score (nSPS) is 13.4. The predicted octanol–water partition coefficient (Wildman–Crippen LogP) is 6.07. The SMILES string of the molecule is Cn1c(-c2ccccc2)nc2sc(C=C3C(=O)c4cc(Cl)c(Cl)cc4C3=O)cc21. The van der Waals surface area contributed by atoms with Crippen LogP contribution in [0.5, 0.6) is 0 Å². The van der Waals surface area contributed by atoms with Gasteiger partial charge in [-0.3, -0.25) is 9.59 Å². The largest absolute Gasteiger partial charge is 0.326 e. The minimum atomic E-state index is -0.334. The van der Waals surface area contributed by atoms with E-state index in [4.69, 9.17) is 28.2 Å². The van der Waals surface area contributed by atoms with E-state index in [1.165, 1.54) is 23.5 Å². The van der Waals surface area contributed by atoms with Crippen molar-refractivity contribution < 1.29 is 9.59 Å². The van der Waals surface area contributed by atoms with Gasteiger partial charge in [-0.2, -0.15) is 0 Å². The lowest BCUT2D eigenvalue weighted by Gasteiger charge is -2.01. The molecule has 1 aliphatic carbocycles. The number of aromatic nitrogens is 2. The minimum Gasteiger partial charge on any atom is -0.326 e. The number of allylic oxidation sites excluding steroid dienone is 1. The summed E-state index contributed by atoms with van der Waals surface area (Å²) in [7, 11) is 1.95. The van der Waals surface area contributed by atoms with Crippen LogP contribution in [0.15, 0.2) is 54.1 Å². The standard InChI is InChI=1S/C22H12Cl2N2O2S/c1-26-18-8-12(29-22(18)25-21(26)11-5-3-2-4-6-11)7-15-19(27)13-9-16(23)17(24)10-14(13)20(15)28/h2-10H,1H3. The Morgan fingerprint density at radius 3 is 2.17 bits per heavy atom. The molecule has 4 nitrogen and oxygen atoms in total. The van der Waals surface area contributed by atoms with Crippen molar-refractivity contribution in [2.45, 2.75) is 0 Å². The maximum Gasteiger partial charge on any atom is 0.197 e. The van der Waals surface area contributed by atoms with E-state index in [2.05, 4.69) is 0 Å². The molecule has 0 bridgehead atoms. The van der Waals surface area contributed by atoms with Crippen molar-refractivity contribution in [3.8, 4) is 11.4 Å². The van der Waals surface area contributed by atoms with Crippen molar-refractivity contribution in [1.29, 1.82) is 0 Å². The number of thiophene rings is 1. The Morgan fingerprint density at radius 2 is 1.59 bits per heavy atom. The van der Waals surface area contributed by atoms with Gasteiger partial charge >= 0.3 is 0 Å². The molecule has 0 radical (unpaired) electrons. The van der Waals surface area contributed by atoms with E-state index in [1.54, 1.807) is 6.08 Å². The Morgan fingerprint density at radius 1 is 0.966 bits per heavy atom. The summed E-state index contributed by atoms with van der Waals surface area (Å²) >= 11 is 13.5. The Labute approximate surface area is 180 Å². The third kappa shape index (κ3) is 2.85. The highest BCUT2D eigenvalue weighted by Gasteiger charge is 2.34. The van der Waals surface area contributed by atoms with Gasteiger partial charge in [-0.25, -0.2) is 4.98 Å². The third-order valence-electron chi connectivity index (χ3n) is 4.96. The fourth-order valence-electron chi connectivity index (χ4n) is 3.50. The zero-order chi connectivity index (χ0) is 20.3. The number of carbonyl (C=O) groups excluding carboxylic acids is 2. The van der Waals surface area contributed by atoms with Crippen molar-refractivity contribution in [1.82, 2.24) is 9.55 Å². The molecule has 0 aliphatic heterocycles. The molecule has 29 heavy (non-hydrogen) atoms. The number of imidazole rings is 1. The molecule has 5 rings (SSSR count). The second-order valence-electron chi connectivity index (χ2n) is 6.73. The Kier molecular flexibility index (Phi) is 4.21. The molecular weight excluding hydrogens is 427 g/mol. The van der Waals surface area contributed by atoms with Gasteiger partial charge in [0.1, 0.15) is 10.7 Å². The number of carbonyl (C=O) groups is 2. The van der Waals surface area contributed by atoms with E-state index in [0.717, 1.165) is 26.6 Å². The second-order valence-corrected chi connectivity index (χ2v) is 8.60. The molecule has 0 saturated carbocycles. The van der Waals surface area contributed by atoms with Crippen LogP contribution in [0.3, 0.4) is 0 Å². The molecule has 142 valence electrons. The summed E-state index contributed by atoms with van der Waals surface area (Å²) < 4.78 is 2.01. The molecule has 0 amide bonds. The van der Waals surface area contributed by atoms with Crippen molar-refractivity contribution in [2.24, 2.45) is 7.05 Å². The Balaban J connectivity index is 1.56. The average molecular weight is 439 g/mol. The molecule has 2 aromatic carbocycles. The summed E-state index contributed by atoms with van der Waals surface area (Å²) in [5.74, 6) is 0.202. The van der Waals surface area contributed by atoms with Gasteiger partial charge in [0, 0.05) is 28.6 Å². The first-order valence-electron chi connectivity index (χ1n) is 8.76. The molecule has 0 spiro atoms. The van der Waals surface area contributed by atoms with E-state index < -0.39 is 0 Å². The van der Waals surface area contributed by atoms with Gasteiger partial charge in [0.25, 0.3) is 0 Å². The molecule has 2 aromatic heterocycles. The number of aryl methyl sites for hydroxylation is 1. The van der Waals surface area contributed by atoms with Crippen LogP contribution in [0, 0.1) is 0 Å². The molecule has 0 saturated heterocycles. The van der Waals surface area contributed by atoms with E-state index in [0.29, 0.717) is 11.1 Å². The molecule has 0 atom stereocenters. The molecule has 0 N–H and O–H groups in total. The summed E-state index contributed by atoms with van der Waals surface area (Å²) in [5, 5.41) is 0.514. The van der Waals surface area contributed by atoms with Gasteiger partial charge in [-0.05, 0) is 24.3 Å². The van der Waals surface area contributed by atoms with Crippen molar-refractivity contribution >= 4 is 62.5 Å². The fraction of sp³-hybridized carbons (Fsp3) is 0.0455. The first-order chi connectivity index (χ1) is 13.9. The number of halogens is 2. The summed E-state index contributed by atoms with van der Waals surface area (Å²) in [5.41, 5.74) is 2.68. The smallest absolute Gasteiger partial charge is 0.197 e. The Hall–Kier alpha value is -2.73. The van der Waals surface area contributed by atoms with Crippen LogP contribution in [0.2, 0.25) is 10.0 Å². The molecule has 0 unspecified atom stereocenters. The lowest BCUT2D eigenvalue weighted by molar-refractivity contribution is 0.0990. The van der Waals surface area contributed by atoms with Gasteiger partial charge < -0.3 is 4.57 Å². The lowest BCUT2D eigenvalue weighted by atomic mass is 10.1. The molecule has 1 aliphatic rings. The van der Waals surface area contributed by atoms with Crippen LogP contribution in [0.1, 0.15) is 25.6 Å². The third-order valence-corrected chi connectivity index (χ3v) is 6.64. The van der Waals surface area contributed by atoms with Gasteiger partial charge in [0.2, 0.25) is 0 Å². The van der Waals surface area contributed by atoms with Crippen LogP contribution >= 0.6 is 34.5 Å². The number of hydrogen-bond acceptors (Lipinski definition) is 4. The molecular formula is C22H12Cl2N2O2S.